The molecule has 0 bridgehead atoms. The lowest BCUT2D eigenvalue weighted by atomic mass is 9.97. The highest BCUT2D eigenvalue weighted by molar-refractivity contribution is 5.74. The van der Waals surface area contributed by atoms with Gasteiger partial charge >= 0.3 is 6.03 Å². The van der Waals surface area contributed by atoms with E-state index in [2.05, 4.69) is 15.6 Å². The van der Waals surface area contributed by atoms with Crippen LogP contribution in [0.2, 0.25) is 0 Å². The van der Waals surface area contributed by atoms with Crippen molar-refractivity contribution in [1.29, 1.82) is 0 Å². The van der Waals surface area contributed by atoms with Crippen LogP contribution in [0, 0.1) is 5.92 Å². The molecule has 1 heterocycles. The van der Waals surface area contributed by atoms with E-state index in [4.69, 9.17) is 0 Å². The van der Waals surface area contributed by atoms with E-state index >= 15 is 0 Å². The molecule has 1 saturated carbocycles. The molecule has 1 fully saturated rings. The summed E-state index contributed by atoms with van der Waals surface area (Å²) in [6.07, 6.45) is 10.8. The smallest absolute Gasteiger partial charge is 0.315 e. The molecule has 2 amide bonds. The standard InChI is InChI=1S/C18H29N3O2/c22-14-15(12-17-10-6-7-11-19-17)13-20-18(23)21-16-8-4-2-1-3-5-9-16/h6-7,10-11,15-16,22H,1-5,8-9,12-14H2,(H2,20,21,23). The van der Waals surface area contributed by atoms with Crippen molar-refractivity contribution in [2.75, 3.05) is 13.2 Å². The van der Waals surface area contributed by atoms with Crippen LogP contribution in [-0.2, 0) is 6.42 Å². The Morgan fingerprint density at radius 1 is 1.22 bits per heavy atom. The number of hydrogen-bond donors (Lipinski definition) is 3. The van der Waals surface area contributed by atoms with E-state index in [-0.39, 0.29) is 18.6 Å². The maximum atomic E-state index is 12.1. The number of aromatic nitrogens is 1. The number of rotatable bonds is 6. The van der Waals surface area contributed by atoms with Crippen LogP contribution in [0.1, 0.15) is 50.6 Å². The number of amides is 2. The number of carbonyl (C=O) groups excluding carboxylic acids is 1. The molecule has 0 saturated heterocycles. The van der Waals surface area contributed by atoms with Gasteiger partial charge in [-0.25, -0.2) is 4.79 Å². The average Bonchev–Trinajstić information content (AvgIpc) is 2.55. The summed E-state index contributed by atoms with van der Waals surface area (Å²) in [4.78, 5) is 16.3. The van der Waals surface area contributed by atoms with Crippen molar-refractivity contribution in [3.8, 4) is 0 Å². The summed E-state index contributed by atoms with van der Waals surface area (Å²) in [5.41, 5.74) is 0.939. The lowest BCUT2D eigenvalue weighted by molar-refractivity contribution is 0.211. The van der Waals surface area contributed by atoms with Crippen molar-refractivity contribution in [2.24, 2.45) is 5.92 Å². The molecule has 2 rings (SSSR count). The number of nitrogens with one attached hydrogen (secondary N) is 2. The number of carbonyl (C=O) groups is 1. The summed E-state index contributed by atoms with van der Waals surface area (Å²) in [5, 5.41) is 15.5. The second-order valence-corrected chi connectivity index (χ2v) is 6.47. The number of hydrogen-bond acceptors (Lipinski definition) is 3. The minimum Gasteiger partial charge on any atom is -0.396 e. The van der Waals surface area contributed by atoms with Gasteiger partial charge in [-0.2, -0.15) is 0 Å². The Morgan fingerprint density at radius 2 is 1.96 bits per heavy atom. The molecule has 1 aliphatic rings. The minimum absolute atomic E-state index is 0.00650. The number of nitrogens with zero attached hydrogens (tertiary/aromatic N) is 1. The van der Waals surface area contributed by atoms with Crippen molar-refractivity contribution >= 4 is 6.03 Å². The van der Waals surface area contributed by atoms with Crippen molar-refractivity contribution < 1.29 is 9.90 Å². The Hall–Kier alpha value is -1.62. The molecule has 1 unspecified atom stereocenters. The minimum atomic E-state index is -0.116. The van der Waals surface area contributed by atoms with Gasteiger partial charge in [0.2, 0.25) is 0 Å². The first-order chi connectivity index (χ1) is 11.3. The second-order valence-electron chi connectivity index (χ2n) is 6.47. The van der Waals surface area contributed by atoms with Gasteiger partial charge in [-0.1, -0.05) is 38.2 Å². The van der Waals surface area contributed by atoms with Crippen LogP contribution >= 0.6 is 0 Å². The Morgan fingerprint density at radius 3 is 2.61 bits per heavy atom. The summed E-state index contributed by atoms with van der Waals surface area (Å²) >= 11 is 0. The molecule has 3 N–H and O–H groups in total. The molecule has 0 spiro atoms. The fourth-order valence-corrected chi connectivity index (χ4v) is 3.09. The lowest BCUT2D eigenvalue weighted by Gasteiger charge is -2.22. The Kier molecular flexibility index (Phi) is 7.87. The third kappa shape index (κ3) is 6.99. The van der Waals surface area contributed by atoms with Crippen LogP contribution in [0.25, 0.3) is 0 Å². The van der Waals surface area contributed by atoms with Crippen molar-refractivity contribution in [2.45, 2.75) is 57.4 Å². The molecule has 1 atom stereocenters. The fraction of sp³-hybridized carbons (Fsp3) is 0.667. The summed E-state index contributed by atoms with van der Waals surface area (Å²) in [6.45, 7) is 0.506. The lowest BCUT2D eigenvalue weighted by Crippen LogP contribution is -2.44. The van der Waals surface area contributed by atoms with Crippen LogP contribution in [-0.4, -0.2) is 35.3 Å². The van der Waals surface area contributed by atoms with Gasteiger partial charge in [-0.05, 0) is 31.4 Å². The van der Waals surface area contributed by atoms with E-state index in [1.807, 2.05) is 18.2 Å². The Balaban J connectivity index is 1.71. The third-order valence-corrected chi connectivity index (χ3v) is 4.47. The highest BCUT2D eigenvalue weighted by Gasteiger charge is 2.15. The van der Waals surface area contributed by atoms with E-state index in [1.54, 1.807) is 6.20 Å². The average molecular weight is 319 g/mol. The summed E-state index contributed by atoms with van der Waals surface area (Å²) in [5.74, 6) is -0.00650. The molecular weight excluding hydrogens is 290 g/mol. The van der Waals surface area contributed by atoms with E-state index in [0.717, 1.165) is 18.5 Å². The number of aliphatic hydroxyl groups is 1. The summed E-state index contributed by atoms with van der Waals surface area (Å²) in [6, 6.07) is 5.93. The first-order valence-corrected chi connectivity index (χ1v) is 8.83. The van der Waals surface area contributed by atoms with Crippen LogP contribution in [0.3, 0.4) is 0 Å². The number of urea groups is 1. The molecule has 0 radical (unpaired) electrons. The topological polar surface area (TPSA) is 74.2 Å². The van der Waals surface area contributed by atoms with Crippen LogP contribution in [0.15, 0.2) is 24.4 Å². The van der Waals surface area contributed by atoms with Crippen molar-refractivity contribution in [3.63, 3.8) is 0 Å². The van der Waals surface area contributed by atoms with Gasteiger partial charge in [-0.3, -0.25) is 4.98 Å². The summed E-state index contributed by atoms with van der Waals surface area (Å²) < 4.78 is 0. The van der Waals surface area contributed by atoms with E-state index < -0.39 is 0 Å². The quantitative estimate of drug-likeness (QED) is 0.754. The third-order valence-electron chi connectivity index (χ3n) is 4.47. The van der Waals surface area contributed by atoms with Crippen LogP contribution < -0.4 is 10.6 Å². The molecule has 1 aliphatic carbocycles. The highest BCUT2D eigenvalue weighted by atomic mass is 16.3. The van der Waals surface area contributed by atoms with Gasteiger partial charge in [-0.15, -0.1) is 0 Å². The normalized spacial score (nSPS) is 17.8. The van der Waals surface area contributed by atoms with Crippen LogP contribution in [0.5, 0.6) is 0 Å². The monoisotopic (exact) mass is 319 g/mol. The van der Waals surface area contributed by atoms with E-state index in [0.29, 0.717) is 19.0 Å². The molecule has 0 aromatic carbocycles. The zero-order valence-electron chi connectivity index (χ0n) is 13.8. The zero-order valence-corrected chi connectivity index (χ0v) is 13.8. The first-order valence-electron chi connectivity index (χ1n) is 8.83. The molecular formula is C18H29N3O2. The molecule has 23 heavy (non-hydrogen) atoms. The molecule has 0 aliphatic heterocycles. The number of aliphatic hydroxyl groups excluding tert-OH is 1. The van der Waals surface area contributed by atoms with Crippen molar-refractivity contribution in [1.82, 2.24) is 15.6 Å². The maximum Gasteiger partial charge on any atom is 0.315 e. The van der Waals surface area contributed by atoms with E-state index in [9.17, 15) is 9.90 Å². The highest BCUT2D eigenvalue weighted by Crippen LogP contribution is 2.17. The van der Waals surface area contributed by atoms with Gasteiger partial charge in [0.05, 0.1) is 0 Å². The summed E-state index contributed by atoms with van der Waals surface area (Å²) in [7, 11) is 0. The van der Waals surface area contributed by atoms with Gasteiger partial charge in [0.1, 0.15) is 0 Å². The molecule has 5 heteroatoms. The molecule has 1 aromatic heterocycles. The Bertz CT molecular complexity index is 445. The first kappa shape index (κ1) is 17.7. The molecule has 128 valence electrons. The molecule has 1 aromatic rings. The second kappa shape index (κ2) is 10.2. The predicted octanol–water partition coefficient (Wildman–Crippen LogP) is 2.64. The Labute approximate surface area is 138 Å². The zero-order chi connectivity index (χ0) is 16.3. The van der Waals surface area contributed by atoms with Crippen LogP contribution in [0.4, 0.5) is 4.79 Å². The molecule has 5 nitrogen and oxygen atoms in total. The van der Waals surface area contributed by atoms with E-state index in [1.165, 1.54) is 32.1 Å². The fourth-order valence-electron chi connectivity index (χ4n) is 3.09. The van der Waals surface area contributed by atoms with Gasteiger partial charge in [0.25, 0.3) is 0 Å². The van der Waals surface area contributed by atoms with Gasteiger partial charge < -0.3 is 15.7 Å². The van der Waals surface area contributed by atoms with Crippen molar-refractivity contribution in [3.05, 3.63) is 30.1 Å². The van der Waals surface area contributed by atoms with Gasteiger partial charge in [0, 0.05) is 37.0 Å². The maximum absolute atomic E-state index is 12.1. The predicted molar refractivity (Wildman–Crippen MR) is 91.2 cm³/mol. The SMILES string of the molecule is O=C(NCC(CO)Cc1ccccn1)NC1CCCCCCC1. The largest absolute Gasteiger partial charge is 0.396 e. The van der Waals surface area contributed by atoms with Gasteiger partial charge in [0.15, 0.2) is 0 Å². The number of pyridine rings is 1.